The molecule has 35 heavy (non-hydrogen) atoms. The maximum absolute atomic E-state index is 12.7. The van der Waals surface area contributed by atoms with Crippen LogP contribution in [0.1, 0.15) is 56.6 Å². The van der Waals surface area contributed by atoms with Crippen LogP contribution in [0.2, 0.25) is 0 Å². The second kappa shape index (κ2) is 10.9. The highest BCUT2D eigenvalue weighted by Gasteiger charge is 2.38. The van der Waals surface area contributed by atoms with E-state index in [4.69, 9.17) is 9.57 Å². The molecule has 2 aromatic carbocycles. The van der Waals surface area contributed by atoms with Crippen molar-refractivity contribution in [2.45, 2.75) is 57.6 Å². The first kappa shape index (κ1) is 24.7. The number of benzene rings is 2. The van der Waals surface area contributed by atoms with Gasteiger partial charge in [-0.2, -0.15) is 0 Å². The van der Waals surface area contributed by atoms with E-state index in [9.17, 15) is 19.5 Å². The number of hydroxylamine groups is 1. The van der Waals surface area contributed by atoms with Gasteiger partial charge in [0.1, 0.15) is 12.6 Å². The Hall–Kier alpha value is -3.39. The molecule has 8 nitrogen and oxygen atoms in total. The third kappa shape index (κ3) is 6.00. The molecule has 1 saturated carbocycles. The molecule has 0 heterocycles. The van der Waals surface area contributed by atoms with E-state index in [1.807, 2.05) is 50.2 Å². The summed E-state index contributed by atoms with van der Waals surface area (Å²) in [6, 6.07) is 15.2. The van der Waals surface area contributed by atoms with Crippen LogP contribution in [0.25, 0.3) is 11.1 Å². The summed E-state index contributed by atoms with van der Waals surface area (Å²) in [4.78, 5) is 42.0. The lowest BCUT2D eigenvalue weighted by atomic mass is 9.98. The van der Waals surface area contributed by atoms with Crippen LogP contribution in [0.15, 0.2) is 48.5 Å². The van der Waals surface area contributed by atoms with Gasteiger partial charge in [-0.1, -0.05) is 62.4 Å². The highest BCUT2D eigenvalue weighted by Crippen LogP contribution is 2.44. The monoisotopic (exact) mass is 480 g/mol. The predicted octanol–water partition coefficient (Wildman–Crippen LogP) is 4.24. The molecule has 0 bridgehead atoms. The Balaban J connectivity index is 1.37. The summed E-state index contributed by atoms with van der Waals surface area (Å²) in [6.45, 7) is 4.18. The van der Waals surface area contributed by atoms with E-state index >= 15 is 0 Å². The minimum absolute atomic E-state index is 0.0886. The van der Waals surface area contributed by atoms with Gasteiger partial charge in [0.15, 0.2) is 6.10 Å². The molecule has 1 fully saturated rings. The van der Waals surface area contributed by atoms with Gasteiger partial charge >= 0.3 is 12.1 Å². The number of carboxylic acid groups (broad SMARTS) is 1. The number of alkyl carbamates (subject to hydrolysis) is 1. The van der Waals surface area contributed by atoms with E-state index in [0.717, 1.165) is 35.1 Å². The Labute approximate surface area is 205 Å². The number of ether oxygens (including phenoxy) is 1. The fourth-order valence-electron chi connectivity index (χ4n) is 4.49. The van der Waals surface area contributed by atoms with Gasteiger partial charge in [0.2, 0.25) is 0 Å². The lowest BCUT2D eigenvalue weighted by molar-refractivity contribution is -0.163. The van der Waals surface area contributed by atoms with Crippen molar-refractivity contribution in [1.82, 2.24) is 10.8 Å². The Morgan fingerprint density at radius 3 is 2.11 bits per heavy atom. The third-order valence-corrected chi connectivity index (χ3v) is 6.56. The molecule has 0 spiro atoms. The quantitative estimate of drug-likeness (QED) is 0.415. The molecule has 0 aliphatic heterocycles. The van der Waals surface area contributed by atoms with Crippen molar-refractivity contribution in [3.05, 3.63) is 59.7 Å². The Bertz CT molecular complexity index is 1040. The fourth-order valence-corrected chi connectivity index (χ4v) is 4.49. The van der Waals surface area contributed by atoms with Crippen LogP contribution in [-0.4, -0.2) is 41.8 Å². The van der Waals surface area contributed by atoms with Gasteiger partial charge in [0, 0.05) is 5.92 Å². The van der Waals surface area contributed by atoms with E-state index in [-0.39, 0.29) is 18.4 Å². The summed E-state index contributed by atoms with van der Waals surface area (Å²) < 4.78 is 5.57. The van der Waals surface area contributed by atoms with E-state index in [1.165, 1.54) is 0 Å². The highest BCUT2D eigenvalue weighted by atomic mass is 16.7. The first-order valence-corrected chi connectivity index (χ1v) is 12.1. The normalized spacial score (nSPS) is 16.2. The van der Waals surface area contributed by atoms with E-state index in [0.29, 0.717) is 18.8 Å². The zero-order chi connectivity index (χ0) is 24.9. The Kier molecular flexibility index (Phi) is 7.70. The number of nitrogens with one attached hydrogen (secondary N) is 2. The van der Waals surface area contributed by atoms with E-state index in [1.54, 1.807) is 0 Å². The zero-order valence-corrected chi connectivity index (χ0v) is 20.0. The zero-order valence-electron chi connectivity index (χ0n) is 20.0. The minimum atomic E-state index is -1.11. The number of hydrogen-bond donors (Lipinski definition) is 3. The van der Waals surface area contributed by atoms with Crippen LogP contribution in [0.5, 0.6) is 0 Å². The average molecular weight is 481 g/mol. The number of amides is 2. The number of rotatable bonds is 11. The second-order valence-electron chi connectivity index (χ2n) is 9.67. The summed E-state index contributed by atoms with van der Waals surface area (Å²) in [5, 5.41) is 11.9. The number of hydrogen-bond acceptors (Lipinski definition) is 5. The molecule has 0 radical (unpaired) electrons. The van der Waals surface area contributed by atoms with Gasteiger partial charge in [0.05, 0.1) is 0 Å². The minimum Gasteiger partial charge on any atom is -0.479 e. The Morgan fingerprint density at radius 1 is 0.971 bits per heavy atom. The molecule has 0 aromatic heterocycles. The third-order valence-electron chi connectivity index (χ3n) is 6.56. The smallest absolute Gasteiger partial charge is 0.407 e. The molecule has 2 unspecified atom stereocenters. The van der Waals surface area contributed by atoms with Crippen molar-refractivity contribution < 1.29 is 29.1 Å². The molecular formula is C27H32N2O6. The molecule has 2 amide bonds. The lowest BCUT2D eigenvalue weighted by Crippen LogP contribution is -2.48. The average Bonchev–Trinajstić information content (AvgIpc) is 3.62. The molecule has 186 valence electrons. The number of aliphatic carboxylic acids is 1. The number of carboxylic acids is 1. The van der Waals surface area contributed by atoms with Crippen molar-refractivity contribution in [3.8, 4) is 11.1 Å². The largest absolute Gasteiger partial charge is 0.479 e. The SMILES string of the molecule is CC(C)CCC(NC(=O)OCC1c2ccccc2-c2ccccc21)C(=O)NOC(C(=O)O)C1CC1. The van der Waals surface area contributed by atoms with Gasteiger partial charge in [-0.3, -0.25) is 9.63 Å². The highest BCUT2D eigenvalue weighted by molar-refractivity contribution is 5.85. The standard InChI is InChI=1S/C27H32N2O6/c1-16(2)11-14-23(25(30)29-35-24(26(31)32)17-12-13-17)28-27(33)34-15-22-20-9-5-3-7-18(20)19-8-4-6-10-21(19)22/h3-10,16-17,22-24H,11-15H2,1-2H3,(H,28,33)(H,29,30)(H,31,32). The van der Waals surface area contributed by atoms with Gasteiger partial charge in [0.25, 0.3) is 5.91 Å². The van der Waals surface area contributed by atoms with Crippen LogP contribution in [-0.2, 0) is 19.2 Å². The van der Waals surface area contributed by atoms with Gasteiger partial charge in [-0.25, -0.2) is 15.1 Å². The molecule has 4 rings (SSSR count). The van der Waals surface area contributed by atoms with Gasteiger partial charge in [-0.05, 0) is 59.8 Å². The summed E-state index contributed by atoms with van der Waals surface area (Å²) in [7, 11) is 0. The van der Waals surface area contributed by atoms with Crippen LogP contribution in [0.3, 0.4) is 0 Å². The van der Waals surface area contributed by atoms with Crippen LogP contribution >= 0.6 is 0 Å². The van der Waals surface area contributed by atoms with Gasteiger partial charge in [-0.15, -0.1) is 0 Å². The molecule has 2 atom stereocenters. The summed E-state index contributed by atoms with van der Waals surface area (Å²) in [5.74, 6) is -1.58. The first-order valence-electron chi connectivity index (χ1n) is 12.1. The maximum atomic E-state index is 12.7. The maximum Gasteiger partial charge on any atom is 0.407 e. The summed E-state index contributed by atoms with van der Waals surface area (Å²) in [5.41, 5.74) is 6.71. The topological polar surface area (TPSA) is 114 Å². The number of carbonyl (C=O) groups excluding carboxylic acids is 2. The van der Waals surface area contributed by atoms with Crippen molar-refractivity contribution in [1.29, 1.82) is 0 Å². The van der Waals surface area contributed by atoms with Crippen LogP contribution < -0.4 is 10.8 Å². The summed E-state index contributed by atoms with van der Waals surface area (Å²) in [6.07, 6.45) is 0.778. The number of fused-ring (bicyclic) bond motifs is 3. The van der Waals surface area contributed by atoms with E-state index in [2.05, 4.69) is 22.9 Å². The molecule has 2 aliphatic rings. The van der Waals surface area contributed by atoms with Crippen LogP contribution in [0.4, 0.5) is 4.79 Å². The summed E-state index contributed by atoms with van der Waals surface area (Å²) >= 11 is 0. The lowest BCUT2D eigenvalue weighted by Gasteiger charge is -2.21. The van der Waals surface area contributed by atoms with Crippen molar-refractivity contribution in [3.63, 3.8) is 0 Å². The van der Waals surface area contributed by atoms with Gasteiger partial charge < -0.3 is 15.2 Å². The molecule has 8 heteroatoms. The molecule has 2 aromatic rings. The molecular weight excluding hydrogens is 448 g/mol. The fraction of sp³-hybridized carbons (Fsp3) is 0.444. The van der Waals surface area contributed by atoms with Crippen LogP contribution in [0, 0.1) is 11.8 Å². The van der Waals surface area contributed by atoms with Crippen molar-refractivity contribution in [2.24, 2.45) is 11.8 Å². The van der Waals surface area contributed by atoms with Crippen molar-refractivity contribution >= 4 is 18.0 Å². The molecule has 0 saturated heterocycles. The molecule has 2 aliphatic carbocycles. The first-order chi connectivity index (χ1) is 16.8. The number of carbonyl (C=O) groups is 3. The second-order valence-corrected chi connectivity index (χ2v) is 9.67. The molecule has 3 N–H and O–H groups in total. The van der Waals surface area contributed by atoms with E-state index < -0.39 is 30.1 Å². The predicted molar refractivity (Wildman–Crippen MR) is 129 cm³/mol. The van der Waals surface area contributed by atoms with Crippen molar-refractivity contribution in [2.75, 3.05) is 6.61 Å². The Morgan fingerprint density at radius 2 is 1.57 bits per heavy atom.